The van der Waals surface area contributed by atoms with Gasteiger partial charge in [0.15, 0.2) is 0 Å². The summed E-state index contributed by atoms with van der Waals surface area (Å²) in [6.07, 6.45) is 5.21. The predicted molar refractivity (Wildman–Crippen MR) is 67.8 cm³/mol. The molecule has 0 atom stereocenters. The fourth-order valence-corrected chi connectivity index (χ4v) is 2.63. The molecule has 0 unspecified atom stereocenters. The van der Waals surface area contributed by atoms with Crippen LogP contribution in [0.2, 0.25) is 0 Å². The van der Waals surface area contributed by atoms with E-state index in [1.807, 2.05) is 12.1 Å². The summed E-state index contributed by atoms with van der Waals surface area (Å²) in [6.45, 7) is 2.89. The van der Waals surface area contributed by atoms with Gasteiger partial charge in [0.2, 0.25) is 0 Å². The van der Waals surface area contributed by atoms with Crippen LogP contribution in [0.5, 0.6) is 0 Å². The highest BCUT2D eigenvalue weighted by Crippen LogP contribution is 2.33. The molecule has 0 bridgehead atoms. The number of nitrogens with zero attached hydrogens (tertiary/aromatic N) is 1. The third kappa shape index (κ3) is 3.08. The lowest BCUT2D eigenvalue weighted by molar-refractivity contribution is 0.0328. The Balaban J connectivity index is 1.94. The smallest absolute Gasteiger partial charge is 0.0991 e. The second-order valence-electron chi connectivity index (χ2n) is 4.66. The number of ether oxygens (including phenoxy) is 1. The van der Waals surface area contributed by atoms with Gasteiger partial charge < -0.3 is 4.74 Å². The molecule has 0 radical (unpaired) electrons. The summed E-state index contributed by atoms with van der Waals surface area (Å²) >= 11 is 0. The van der Waals surface area contributed by atoms with E-state index in [0.717, 1.165) is 12.2 Å². The van der Waals surface area contributed by atoms with Crippen LogP contribution in [0.4, 0.5) is 0 Å². The summed E-state index contributed by atoms with van der Waals surface area (Å²) in [5.74, 6) is 0.652. The van der Waals surface area contributed by atoms with Crippen LogP contribution >= 0.6 is 0 Å². The number of rotatable bonds is 3. The predicted octanol–water partition coefficient (Wildman–Crippen LogP) is 3.62. The Bertz CT molecular complexity index is 382. The van der Waals surface area contributed by atoms with Gasteiger partial charge in [0.25, 0.3) is 0 Å². The molecule has 2 heteroatoms. The fraction of sp³-hybridized carbons (Fsp3) is 0.533. The molecule has 1 saturated carbocycles. The first-order valence-corrected chi connectivity index (χ1v) is 6.45. The molecule has 0 spiro atoms. The summed E-state index contributed by atoms with van der Waals surface area (Å²) in [5.41, 5.74) is 2.12. The van der Waals surface area contributed by atoms with Crippen LogP contribution in [0.25, 0.3) is 0 Å². The normalized spacial score (nSPS) is 24.2. The zero-order valence-corrected chi connectivity index (χ0v) is 10.4. The second-order valence-corrected chi connectivity index (χ2v) is 4.66. The van der Waals surface area contributed by atoms with Gasteiger partial charge >= 0.3 is 0 Å². The molecule has 17 heavy (non-hydrogen) atoms. The Morgan fingerprint density at radius 2 is 1.82 bits per heavy atom. The molecular weight excluding hydrogens is 210 g/mol. The van der Waals surface area contributed by atoms with Gasteiger partial charge in [-0.3, -0.25) is 0 Å². The molecule has 0 N–H and O–H groups in total. The lowest BCUT2D eigenvalue weighted by Crippen LogP contribution is -2.20. The molecule has 1 fully saturated rings. The topological polar surface area (TPSA) is 33.0 Å². The number of nitriles is 1. The van der Waals surface area contributed by atoms with Crippen molar-refractivity contribution in [1.82, 2.24) is 0 Å². The summed E-state index contributed by atoms with van der Waals surface area (Å²) in [4.78, 5) is 0. The van der Waals surface area contributed by atoms with Crippen LogP contribution in [0.3, 0.4) is 0 Å². The van der Waals surface area contributed by atoms with Crippen LogP contribution in [-0.2, 0) is 4.74 Å². The molecule has 2 nitrogen and oxygen atoms in total. The van der Waals surface area contributed by atoms with Crippen molar-refractivity contribution in [2.45, 2.75) is 44.6 Å². The van der Waals surface area contributed by atoms with E-state index in [0.29, 0.717) is 12.0 Å². The average molecular weight is 229 g/mol. The van der Waals surface area contributed by atoms with Crippen molar-refractivity contribution < 1.29 is 4.74 Å². The fourth-order valence-electron chi connectivity index (χ4n) is 2.63. The molecule has 1 aliphatic rings. The molecule has 2 rings (SSSR count). The molecule has 1 aliphatic carbocycles. The average Bonchev–Trinajstić information content (AvgIpc) is 2.40. The quantitative estimate of drug-likeness (QED) is 0.793. The minimum atomic E-state index is 0.467. The molecule has 0 amide bonds. The van der Waals surface area contributed by atoms with E-state index in [-0.39, 0.29) is 0 Å². The van der Waals surface area contributed by atoms with Gasteiger partial charge in [-0.25, -0.2) is 0 Å². The minimum absolute atomic E-state index is 0.467. The van der Waals surface area contributed by atoms with Crippen LogP contribution in [-0.4, -0.2) is 12.7 Å². The van der Waals surface area contributed by atoms with Crippen LogP contribution < -0.4 is 0 Å². The lowest BCUT2D eigenvalue weighted by atomic mass is 9.82. The molecular formula is C15H19NO. The van der Waals surface area contributed by atoms with E-state index in [1.54, 1.807) is 0 Å². The van der Waals surface area contributed by atoms with Crippen LogP contribution in [0.15, 0.2) is 24.3 Å². The van der Waals surface area contributed by atoms with Crippen molar-refractivity contribution in [3.8, 4) is 6.07 Å². The first kappa shape index (κ1) is 12.1. The van der Waals surface area contributed by atoms with Gasteiger partial charge in [0.1, 0.15) is 0 Å². The van der Waals surface area contributed by atoms with Crippen molar-refractivity contribution in [1.29, 1.82) is 5.26 Å². The third-order valence-corrected chi connectivity index (χ3v) is 3.59. The molecule has 0 saturated heterocycles. The summed E-state index contributed by atoms with van der Waals surface area (Å²) < 4.78 is 5.66. The first-order chi connectivity index (χ1) is 8.33. The van der Waals surface area contributed by atoms with E-state index in [4.69, 9.17) is 10.00 Å². The van der Waals surface area contributed by atoms with Gasteiger partial charge in [0.05, 0.1) is 17.7 Å². The van der Waals surface area contributed by atoms with Crippen molar-refractivity contribution in [2.75, 3.05) is 6.61 Å². The van der Waals surface area contributed by atoms with Gasteiger partial charge in [-0.05, 0) is 56.2 Å². The molecule has 0 heterocycles. The Labute approximate surface area is 103 Å². The highest BCUT2D eigenvalue weighted by molar-refractivity contribution is 5.33. The monoisotopic (exact) mass is 229 g/mol. The standard InChI is InChI=1S/C15H19NO/c1-2-17-15-9-7-14(8-10-15)13-5-3-12(11-16)4-6-13/h3-6,14-15H,2,7-10H2,1H3. The maximum absolute atomic E-state index is 8.77. The van der Waals surface area contributed by atoms with Crippen molar-refractivity contribution in [3.63, 3.8) is 0 Å². The Morgan fingerprint density at radius 1 is 1.18 bits per heavy atom. The summed E-state index contributed by atoms with van der Waals surface area (Å²) in [5, 5.41) is 8.77. The SMILES string of the molecule is CCOC1CCC(c2ccc(C#N)cc2)CC1. The van der Waals surface area contributed by atoms with E-state index < -0.39 is 0 Å². The van der Waals surface area contributed by atoms with Gasteiger partial charge in [-0.1, -0.05) is 12.1 Å². The maximum Gasteiger partial charge on any atom is 0.0991 e. The van der Waals surface area contributed by atoms with E-state index in [9.17, 15) is 0 Å². The largest absolute Gasteiger partial charge is 0.379 e. The summed E-state index contributed by atoms with van der Waals surface area (Å²) in [7, 11) is 0. The Morgan fingerprint density at radius 3 is 2.35 bits per heavy atom. The van der Waals surface area contributed by atoms with Crippen LogP contribution in [0.1, 0.15) is 49.7 Å². The van der Waals surface area contributed by atoms with Gasteiger partial charge in [-0.2, -0.15) is 5.26 Å². The molecule has 90 valence electrons. The van der Waals surface area contributed by atoms with Crippen LogP contribution in [0, 0.1) is 11.3 Å². The zero-order valence-electron chi connectivity index (χ0n) is 10.4. The minimum Gasteiger partial charge on any atom is -0.379 e. The zero-order chi connectivity index (χ0) is 12.1. The highest BCUT2D eigenvalue weighted by atomic mass is 16.5. The van der Waals surface area contributed by atoms with E-state index in [1.165, 1.54) is 31.2 Å². The summed E-state index contributed by atoms with van der Waals surface area (Å²) in [6, 6.07) is 10.2. The van der Waals surface area contributed by atoms with Crippen molar-refractivity contribution >= 4 is 0 Å². The van der Waals surface area contributed by atoms with E-state index >= 15 is 0 Å². The van der Waals surface area contributed by atoms with Gasteiger partial charge in [-0.15, -0.1) is 0 Å². The van der Waals surface area contributed by atoms with Crippen molar-refractivity contribution in [2.24, 2.45) is 0 Å². The van der Waals surface area contributed by atoms with Crippen molar-refractivity contribution in [3.05, 3.63) is 35.4 Å². The lowest BCUT2D eigenvalue weighted by Gasteiger charge is -2.28. The Hall–Kier alpha value is -1.33. The third-order valence-electron chi connectivity index (χ3n) is 3.59. The maximum atomic E-state index is 8.77. The molecule has 0 aromatic heterocycles. The highest BCUT2D eigenvalue weighted by Gasteiger charge is 2.22. The number of hydrogen-bond acceptors (Lipinski definition) is 2. The number of hydrogen-bond donors (Lipinski definition) is 0. The number of benzene rings is 1. The first-order valence-electron chi connectivity index (χ1n) is 6.45. The molecule has 0 aliphatic heterocycles. The molecule has 1 aromatic carbocycles. The second kappa shape index (κ2) is 5.84. The van der Waals surface area contributed by atoms with Gasteiger partial charge in [0, 0.05) is 6.61 Å². The molecule has 1 aromatic rings. The Kier molecular flexibility index (Phi) is 4.17. The van der Waals surface area contributed by atoms with E-state index in [2.05, 4.69) is 25.1 Å².